The maximum atomic E-state index is 13.9. The Morgan fingerprint density at radius 1 is 0.833 bits per heavy atom. The van der Waals surface area contributed by atoms with Crippen molar-refractivity contribution in [1.29, 1.82) is 5.41 Å². The molecule has 4 aromatic rings. The number of amides is 1. The molecule has 2 N–H and O–H groups in total. The summed E-state index contributed by atoms with van der Waals surface area (Å²) in [5.41, 5.74) is 2.24. The van der Waals surface area contributed by atoms with Gasteiger partial charge in [0.25, 0.3) is 5.91 Å². The fraction of sp³-hybridized carbons (Fsp3) is 0.0800. The second kappa shape index (κ2) is 7.12. The van der Waals surface area contributed by atoms with Gasteiger partial charge in [0.1, 0.15) is 0 Å². The van der Waals surface area contributed by atoms with E-state index in [2.05, 4.69) is 10.3 Å². The Labute approximate surface area is 174 Å². The van der Waals surface area contributed by atoms with Crippen molar-refractivity contribution >= 4 is 22.8 Å². The van der Waals surface area contributed by atoms with Crippen molar-refractivity contribution in [2.75, 3.05) is 0 Å². The summed E-state index contributed by atoms with van der Waals surface area (Å²) < 4.78 is 0. The van der Waals surface area contributed by atoms with Crippen molar-refractivity contribution in [3.05, 3.63) is 114 Å². The highest BCUT2D eigenvalue weighted by molar-refractivity contribution is 6.10. The van der Waals surface area contributed by atoms with Gasteiger partial charge in [-0.3, -0.25) is 20.1 Å². The predicted octanol–water partition coefficient (Wildman–Crippen LogP) is 4.05. The first-order valence-electron chi connectivity index (χ1n) is 9.82. The van der Waals surface area contributed by atoms with Crippen LogP contribution in [0, 0.1) is 5.41 Å². The number of nitrogens with zero attached hydrogens (tertiary/aromatic N) is 2. The van der Waals surface area contributed by atoms with Crippen molar-refractivity contribution in [3.8, 4) is 0 Å². The predicted molar refractivity (Wildman–Crippen MR) is 117 cm³/mol. The Balaban J connectivity index is 1.61. The van der Waals surface area contributed by atoms with Crippen molar-refractivity contribution in [3.63, 3.8) is 0 Å². The lowest BCUT2D eigenvalue weighted by atomic mass is 9.82. The second-order valence-corrected chi connectivity index (χ2v) is 7.34. The van der Waals surface area contributed by atoms with E-state index in [1.165, 1.54) is 4.90 Å². The van der Waals surface area contributed by atoms with Crippen LogP contribution in [0.1, 0.15) is 16.7 Å². The minimum absolute atomic E-state index is 0.0839. The van der Waals surface area contributed by atoms with Gasteiger partial charge < -0.3 is 5.32 Å². The van der Waals surface area contributed by atoms with Crippen molar-refractivity contribution in [2.45, 2.75) is 12.1 Å². The number of hydrogen-bond donors (Lipinski definition) is 2. The normalized spacial score (nSPS) is 15.4. The van der Waals surface area contributed by atoms with Gasteiger partial charge in [-0.05, 0) is 22.8 Å². The summed E-state index contributed by atoms with van der Waals surface area (Å²) in [6, 6.07) is 29.0. The third kappa shape index (κ3) is 2.75. The molecule has 0 unspecified atom stereocenters. The molecule has 5 nitrogen and oxygen atoms in total. The lowest BCUT2D eigenvalue weighted by molar-refractivity contribution is -0.130. The molecule has 1 fully saturated rings. The molecule has 1 aromatic heterocycles. The number of aromatic nitrogens is 1. The molecule has 146 valence electrons. The molecule has 2 heterocycles. The summed E-state index contributed by atoms with van der Waals surface area (Å²) in [4.78, 5) is 19.9. The summed E-state index contributed by atoms with van der Waals surface area (Å²) >= 11 is 0. The van der Waals surface area contributed by atoms with Crippen LogP contribution in [0.4, 0.5) is 0 Å². The summed E-state index contributed by atoms with van der Waals surface area (Å²) in [7, 11) is 0. The van der Waals surface area contributed by atoms with Gasteiger partial charge in [-0.1, -0.05) is 84.9 Å². The third-order valence-corrected chi connectivity index (χ3v) is 5.60. The van der Waals surface area contributed by atoms with Gasteiger partial charge in [0.2, 0.25) is 0 Å². The minimum Gasteiger partial charge on any atom is -0.334 e. The van der Waals surface area contributed by atoms with Gasteiger partial charge in [-0.2, -0.15) is 0 Å². The number of benzene rings is 3. The van der Waals surface area contributed by atoms with Gasteiger partial charge in [-0.15, -0.1) is 0 Å². The summed E-state index contributed by atoms with van der Waals surface area (Å²) in [5, 5.41) is 12.8. The SMILES string of the molecule is N=C1NC(c2ccccc2)(c2ccccc2)C(=O)N1Cc1cccc2cccnc12. The van der Waals surface area contributed by atoms with Gasteiger partial charge in [-0.25, -0.2) is 0 Å². The molecule has 5 heteroatoms. The van der Waals surface area contributed by atoms with Crippen LogP contribution in [0.5, 0.6) is 0 Å². The molecule has 1 aliphatic heterocycles. The van der Waals surface area contributed by atoms with Crippen LogP contribution < -0.4 is 5.32 Å². The molecule has 0 bridgehead atoms. The zero-order valence-electron chi connectivity index (χ0n) is 16.2. The molecule has 1 aliphatic rings. The molecule has 0 atom stereocenters. The second-order valence-electron chi connectivity index (χ2n) is 7.34. The number of hydrogen-bond acceptors (Lipinski definition) is 3. The first-order valence-corrected chi connectivity index (χ1v) is 9.82. The highest BCUT2D eigenvalue weighted by Crippen LogP contribution is 2.36. The number of carbonyl (C=O) groups is 1. The fourth-order valence-corrected chi connectivity index (χ4v) is 4.15. The van der Waals surface area contributed by atoms with E-state index < -0.39 is 5.54 Å². The highest BCUT2D eigenvalue weighted by Gasteiger charge is 2.52. The van der Waals surface area contributed by atoms with E-state index in [1.54, 1.807) is 6.20 Å². The Morgan fingerprint density at radius 2 is 1.47 bits per heavy atom. The monoisotopic (exact) mass is 392 g/mol. The zero-order valence-corrected chi connectivity index (χ0v) is 16.2. The quantitative estimate of drug-likeness (QED) is 0.551. The molecule has 1 saturated heterocycles. The van der Waals surface area contributed by atoms with Crippen LogP contribution in [-0.2, 0) is 16.9 Å². The van der Waals surface area contributed by atoms with Crippen LogP contribution in [0.3, 0.4) is 0 Å². The van der Waals surface area contributed by atoms with Crippen molar-refractivity contribution in [2.24, 2.45) is 0 Å². The number of carbonyl (C=O) groups excluding carboxylic acids is 1. The molecule has 5 rings (SSSR count). The van der Waals surface area contributed by atoms with Gasteiger partial charge in [0, 0.05) is 11.6 Å². The minimum atomic E-state index is -1.13. The average Bonchev–Trinajstić information content (AvgIpc) is 3.06. The van der Waals surface area contributed by atoms with Crippen LogP contribution in [0.25, 0.3) is 10.9 Å². The number of fused-ring (bicyclic) bond motifs is 1. The van der Waals surface area contributed by atoms with Crippen LogP contribution in [0.2, 0.25) is 0 Å². The van der Waals surface area contributed by atoms with Crippen LogP contribution in [0.15, 0.2) is 97.2 Å². The van der Waals surface area contributed by atoms with E-state index in [-0.39, 0.29) is 18.4 Å². The van der Waals surface area contributed by atoms with E-state index in [0.29, 0.717) is 0 Å². The van der Waals surface area contributed by atoms with Gasteiger partial charge in [0.15, 0.2) is 11.5 Å². The molecule has 30 heavy (non-hydrogen) atoms. The first-order chi connectivity index (χ1) is 14.7. The van der Waals surface area contributed by atoms with Gasteiger partial charge in [0.05, 0.1) is 12.1 Å². The molecular formula is C25H20N4O. The fourth-order valence-electron chi connectivity index (χ4n) is 4.15. The molecule has 0 saturated carbocycles. The molecular weight excluding hydrogens is 372 g/mol. The largest absolute Gasteiger partial charge is 0.334 e. The van der Waals surface area contributed by atoms with E-state index in [0.717, 1.165) is 27.6 Å². The number of guanidine groups is 1. The van der Waals surface area contributed by atoms with E-state index >= 15 is 0 Å². The lowest BCUT2D eigenvalue weighted by Crippen LogP contribution is -2.45. The number of rotatable bonds is 4. The van der Waals surface area contributed by atoms with E-state index in [4.69, 9.17) is 5.41 Å². The Hall–Kier alpha value is -3.99. The first kappa shape index (κ1) is 18.1. The number of para-hydroxylation sites is 1. The summed E-state index contributed by atoms with van der Waals surface area (Å²) in [6.45, 7) is 0.278. The Morgan fingerprint density at radius 3 is 2.13 bits per heavy atom. The van der Waals surface area contributed by atoms with Crippen LogP contribution in [-0.4, -0.2) is 21.8 Å². The number of pyridine rings is 1. The topological polar surface area (TPSA) is 69.1 Å². The van der Waals surface area contributed by atoms with Crippen molar-refractivity contribution < 1.29 is 4.79 Å². The molecule has 3 aromatic carbocycles. The smallest absolute Gasteiger partial charge is 0.264 e. The molecule has 0 spiro atoms. The van der Waals surface area contributed by atoms with E-state index in [1.807, 2.05) is 91.0 Å². The highest BCUT2D eigenvalue weighted by atomic mass is 16.2. The lowest BCUT2D eigenvalue weighted by Gasteiger charge is -2.28. The Bertz CT molecular complexity index is 1190. The maximum absolute atomic E-state index is 13.9. The number of nitrogens with one attached hydrogen (secondary N) is 2. The zero-order chi connectivity index (χ0) is 20.6. The Kier molecular flexibility index (Phi) is 4.29. The summed E-state index contributed by atoms with van der Waals surface area (Å²) in [6.07, 6.45) is 1.75. The van der Waals surface area contributed by atoms with Gasteiger partial charge >= 0.3 is 0 Å². The molecule has 0 radical (unpaired) electrons. The molecule has 0 aliphatic carbocycles. The third-order valence-electron chi connectivity index (χ3n) is 5.60. The summed E-state index contributed by atoms with van der Waals surface area (Å²) in [5.74, 6) is -0.0847. The average molecular weight is 392 g/mol. The molecule has 1 amide bonds. The van der Waals surface area contributed by atoms with Crippen LogP contribution >= 0.6 is 0 Å². The maximum Gasteiger partial charge on any atom is 0.264 e. The standard InChI is InChI=1S/C25H20N4O/c26-24-28-25(20-12-3-1-4-13-20,21-14-5-2-6-15-21)23(30)29(24)17-19-10-7-9-18-11-8-16-27-22(18)19/h1-16H,17H2,(H2,26,28). The van der Waals surface area contributed by atoms with E-state index in [9.17, 15) is 4.79 Å². The van der Waals surface area contributed by atoms with Crippen molar-refractivity contribution in [1.82, 2.24) is 15.2 Å².